The Kier molecular flexibility index (Phi) is 5.64. The number of hydrogen-bond donors (Lipinski definition) is 0. The molecule has 0 fully saturated rings. The Morgan fingerprint density at radius 3 is 2.48 bits per heavy atom. The van der Waals surface area contributed by atoms with Gasteiger partial charge in [-0.25, -0.2) is 0 Å². The lowest BCUT2D eigenvalue weighted by Crippen LogP contribution is -1.97. The van der Waals surface area contributed by atoms with Gasteiger partial charge in [0, 0.05) is 15.0 Å². The molecule has 0 heterocycles. The molecule has 0 amide bonds. The zero-order valence-corrected chi connectivity index (χ0v) is 17.1. The maximum atomic E-state index is 3.81. The largest absolute Gasteiger partial charge is 0.0654 e. The van der Waals surface area contributed by atoms with E-state index in [9.17, 15) is 0 Å². The molecule has 23 heavy (non-hydrogen) atoms. The van der Waals surface area contributed by atoms with Crippen LogP contribution in [0, 0.1) is 6.07 Å². The summed E-state index contributed by atoms with van der Waals surface area (Å²) < 4.78 is 2.27. The SMILES string of the molecule is CCCCc1cccc2c1-c1c([c]c(Br)c(Br)c1CCCC)C2. The molecule has 0 N–H and O–H groups in total. The van der Waals surface area contributed by atoms with Crippen molar-refractivity contribution in [3.8, 4) is 11.1 Å². The van der Waals surface area contributed by atoms with E-state index in [2.05, 4.69) is 70.0 Å². The molecule has 0 aromatic heterocycles. The fraction of sp³-hybridized carbons (Fsp3) is 0.429. The van der Waals surface area contributed by atoms with Gasteiger partial charge in [0.1, 0.15) is 0 Å². The topological polar surface area (TPSA) is 0 Å². The molecule has 0 saturated heterocycles. The van der Waals surface area contributed by atoms with Crippen LogP contribution in [0.15, 0.2) is 27.1 Å². The summed E-state index contributed by atoms with van der Waals surface area (Å²) >= 11 is 7.51. The average molecular weight is 435 g/mol. The Morgan fingerprint density at radius 1 is 1.00 bits per heavy atom. The zero-order chi connectivity index (χ0) is 16.4. The number of rotatable bonds is 6. The highest BCUT2D eigenvalue weighted by atomic mass is 79.9. The van der Waals surface area contributed by atoms with Crippen LogP contribution in [0.25, 0.3) is 11.1 Å². The molecule has 1 aliphatic rings. The molecule has 0 bridgehead atoms. The summed E-state index contributed by atoms with van der Waals surface area (Å²) in [5.74, 6) is 0. The minimum atomic E-state index is 1.02. The van der Waals surface area contributed by atoms with Crippen molar-refractivity contribution in [2.75, 3.05) is 0 Å². The van der Waals surface area contributed by atoms with Crippen molar-refractivity contribution >= 4 is 31.9 Å². The average Bonchev–Trinajstić information content (AvgIpc) is 2.91. The van der Waals surface area contributed by atoms with Crippen molar-refractivity contribution in [2.24, 2.45) is 0 Å². The third-order valence-corrected chi connectivity index (χ3v) is 6.76. The Labute approximate surface area is 157 Å². The molecule has 1 aliphatic carbocycles. The number of benzene rings is 2. The van der Waals surface area contributed by atoms with E-state index in [0.29, 0.717) is 0 Å². The number of unbranched alkanes of at least 4 members (excludes halogenated alkanes) is 2. The lowest BCUT2D eigenvalue weighted by molar-refractivity contribution is 0.790. The summed E-state index contributed by atoms with van der Waals surface area (Å²) in [5.41, 5.74) is 8.80. The summed E-state index contributed by atoms with van der Waals surface area (Å²) in [6, 6.07) is 10.4. The zero-order valence-electron chi connectivity index (χ0n) is 13.9. The van der Waals surface area contributed by atoms with Crippen LogP contribution in [-0.2, 0) is 19.3 Å². The molecule has 0 unspecified atom stereocenters. The van der Waals surface area contributed by atoms with Crippen molar-refractivity contribution in [3.05, 3.63) is 55.5 Å². The Balaban J connectivity index is 2.16. The minimum absolute atomic E-state index is 1.02. The summed E-state index contributed by atoms with van der Waals surface area (Å²) in [4.78, 5) is 0. The Morgan fingerprint density at radius 2 is 1.74 bits per heavy atom. The minimum Gasteiger partial charge on any atom is -0.0654 e. The molecule has 0 spiro atoms. The van der Waals surface area contributed by atoms with Gasteiger partial charge in [0.2, 0.25) is 0 Å². The first kappa shape index (κ1) is 17.2. The molecule has 0 saturated carbocycles. The van der Waals surface area contributed by atoms with E-state index in [-0.39, 0.29) is 0 Å². The van der Waals surface area contributed by atoms with Crippen molar-refractivity contribution in [1.82, 2.24) is 0 Å². The Hall–Kier alpha value is -0.600. The van der Waals surface area contributed by atoms with E-state index in [0.717, 1.165) is 17.3 Å². The third-order valence-electron chi connectivity index (χ3n) is 4.76. The predicted molar refractivity (Wildman–Crippen MR) is 106 cm³/mol. The highest BCUT2D eigenvalue weighted by molar-refractivity contribution is 9.13. The standard InChI is InChI=1S/C21H23Br2/c1-3-5-8-14-9-7-10-15-12-16-13-18(22)21(23)17(11-6-4-2)20(16)19(14)15/h7,9-10H,3-6,8,11-12H2,1-2H3. The first-order chi connectivity index (χ1) is 11.2. The monoisotopic (exact) mass is 433 g/mol. The first-order valence-electron chi connectivity index (χ1n) is 8.70. The van der Waals surface area contributed by atoms with Crippen LogP contribution in [0.1, 0.15) is 61.8 Å². The van der Waals surface area contributed by atoms with Gasteiger partial charge in [-0.15, -0.1) is 0 Å². The molecule has 2 heteroatoms. The van der Waals surface area contributed by atoms with Crippen molar-refractivity contribution in [2.45, 2.75) is 58.8 Å². The van der Waals surface area contributed by atoms with Crippen molar-refractivity contribution < 1.29 is 0 Å². The maximum Gasteiger partial charge on any atom is 0.0402 e. The number of aryl methyl sites for hydroxylation is 1. The van der Waals surface area contributed by atoms with Gasteiger partial charge in [-0.1, -0.05) is 44.9 Å². The van der Waals surface area contributed by atoms with E-state index < -0.39 is 0 Å². The second-order valence-electron chi connectivity index (χ2n) is 6.42. The lowest BCUT2D eigenvalue weighted by Gasteiger charge is -2.16. The smallest absolute Gasteiger partial charge is 0.0402 e. The van der Waals surface area contributed by atoms with Gasteiger partial charge in [-0.3, -0.25) is 0 Å². The second kappa shape index (κ2) is 7.53. The summed E-state index contributed by atoms with van der Waals surface area (Å²) in [7, 11) is 0. The van der Waals surface area contributed by atoms with Crippen LogP contribution >= 0.6 is 31.9 Å². The fourth-order valence-electron chi connectivity index (χ4n) is 3.58. The molecule has 2 aromatic rings. The molecule has 2 aromatic carbocycles. The highest BCUT2D eigenvalue weighted by Crippen LogP contribution is 2.46. The van der Waals surface area contributed by atoms with Crippen LogP contribution in [0.3, 0.4) is 0 Å². The third kappa shape index (κ3) is 3.30. The van der Waals surface area contributed by atoms with E-state index in [4.69, 9.17) is 0 Å². The van der Waals surface area contributed by atoms with Crippen molar-refractivity contribution in [1.29, 1.82) is 0 Å². The Bertz CT molecular complexity index is 716. The van der Waals surface area contributed by atoms with Gasteiger partial charge < -0.3 is 0 Å². The van der Waals surface area contributed by atoms with Gasteiger partial charge in [-0.05, 0) is 97.3 Å². The second-order valence-corrected chi connectivity index (χ2v) is 8.01. The molecule has 0 nitrogen and oxygen atoms in total. The lowest BCUT2D eigenvalue weighted by atomic mass is 9.91. The number of halogens is 2. The van der Waals surface area contributed by atoms with Crippen LogP contribution in [-0.4, -0.2) is 0 Å². The molecular formula is C21H23Br2. The number of fused-ring (bicyclic) bond motifs is 3. The van der Waals surface area contributed by atoms with Crippen molar-refractivity contribution in [3.63, 3.8) is 0 Å². The summed E-state index contributed by atoms with van der Waals surface area (Å²) in [5, 5.41) is 0. The normalized spacial score (nSPS) is 12.3. The van der Waals surface area contributed by atoms with Crippen LogP contribution in [0.5, 0.6) is 0 Å². The van der Waals surface area contributed by atoms with Gasteiger partial charge >= 0.3 is 0 Å². The van der Waals surface area contributed by atoms with Crippen LogP contribution in [0.4, 0.5) is 0 Å². The first-order valence-corrected chi connectivity index (χ1v) is 10.3. The highest BCUT2D eigenvalue weighted by Gasteiger charge is 2.26. The number of hydrogen-bond acceptors (Lipinski definition) is 0. The maximum absolute atomic E-state index is 3.81. The van der Waals surface area contributed by atoms with E-state index >= 15 is 0 Å². The molecule has 0 atom stereocenters. The van der Waals surface area contributed by atoms with E-state index in [1.807, 2.05) is 0 Å². The van der Waals surface area contributed by atoms with Gasteiger partial charge in [0.05, 0.1) is 0 Å². The molecule has 1 radical (unpaired) electrons. The van der Waals surface area contributed by atoms with Crippen LogP contribution in [0.2, 0.25) is 0 Å². The molecular weight excluding hydrogens is 412 g/mol. The molecule has 3 rings (SSSR count). The van der Waals surface area contributed by atoms with E-state index in [1.54, 1.807) is 0 Å². The quantitative estimate of drug-likeness (QED) is 0.382. The summed E-state index contributed by atoms with van der Waals surface area (Å²) in [6.07, 6.45) is 8.30. The van der Waals surface area contributed by atoms with Gasteiger partial charge in [0.15, 0.2) is 0 Å². The van der Waals surface area contributed by atoms with Gasteiger partial charge in [-0.2, -0.15) is 0 Å². The fourth-order valence-corrected chi connectivity index (χ4v) is 4.56. The predicted octanol–water partition coefficient (Wildman–Crippen LogP) is 7.27. The summed E-state index contributed by atoms with van der Waals surface area (Å²) in [6.45, 7) is 4.53. The van der Waals surface area contributed by atoms with E-state index in [1.165, 1.54) is 70.0 Å². The molecule has 0 aliphatic heterocycles. The van der Waals surface area contributed by atoms with Gasteiger partial charge in [0.25, 0.3) is 0 Å². The van der Waals surface area contributed by atoms with Crippen LogP contribution < -0.4 is 0 Å². The molecule has 121 valence electrons.